The van der Waals surface area contributed by atoms with Gasteiger partial charge >= 0.3 is 0 Å². The fourth-order valence-corrected chi connectivity index (χ4v) is 2.45. The van der Waals surface area contributed by atoms with Gasteiger partial charge in [-0.15, -0.1) is 0 Å². The minimum absolute atomic E-state index is 0.290. The van der Waals surface area contributed by atoms with Gasteiger partial charge in [0.1, 0.15) is 5.78 Å². The summed E-state index contributed by atoms with van der Waals surface area (Å²) in [5.74, 6) is 0.290. The highest BCUT2D eigenvalue weighted by atomic mass is 79.9. The summed E-state index contributed by atoms with van der Waals surface area (Å²) in [6.07, 6.45) is 1.95. The van der Waals surface area contributed by atoms with Gasteiger partial charge in [-0.3, -0.25) is 4.79 Å². The third-order valence-electron chi connectivity index (χ3n) is 3.10. The number of halogens is 1. The van der Waals surface area contributed by atoms with Gasteiger partial charge in [0.25, 0.3) is 0 Å². The standard InChI is InChI=1S/C17H17BrO/c1-13-5-7-14(8-6-13)9-10-17(19)12-15-3-2-4-16(18)11-15/h2-8,11H,9-10,12H2,1H3. The predicted octanol–water partition coefficient (Wildman–Crippen LogP) is 4.50. The van der Waals surface area contributed by atoms with Crippen molar-refractivity contribution in [3.8, 4) is 0 Å². The van der Waals surface area contributed by atoms with Crippen LogP contribution in [0.4, 0.5) is 0 Å². The molecule has 1 nitrogen and oxygen atoms in total. The van der Waals surface area contributed by atoms with Crippen LogP contribution in [0.3, 0.4) is 0 Å². The number of Topliss-reactive ketones (excluding diaryl/α,β-unsaturated/α-hetero) is 1. The van der Waals surface area contributed by atoms with Crippen molar-refractivity contribution in [3.63, 3.8) is 0 Å². The smallest absolute Gasteiger partial charge is 0.137 e. The molecule has 19 heavy (non-hydrogen) atoms. The summed E-state index contributed by atoms with van der Waals surface area (Å²) in [5.41, 5.74) is 3.56. The van der Waals surface area contributed by atoms with Crippen LogP contribution in [0.2, 0.25) is 0 Å². The third-order valence-corrected chi connectivity index (χ3v) is 3.60. The van der Waals surface area contributed by atoms with E-state index in [9.17, 15) is 4.79 Å². The van der Waals surface area contributed by atoms with E-state index in [-0.39, 0.29) is 0 Å². The van der Waals surface area contributed by atoms with Crippen molar-refractivity contribution in [2.75, 3.05) is 0 Å². The van der Waals surface area contributed by atoms with E-state index in [1.807, 2.05) is 24.3 Å². The first-order valence-electron chi connectivity index (χ1n) is 6.45. The van der Waals surface area contributed by atoms with E-state index in [0.717, 1.165) is 16.5 Å². The van der Waals surface area contributed by atoms with Crippen LogP contribution in [0.1, 0.15) is 23.1 Å². The second-order valence-corrected chi connectivity index (χ2v) is 5.75. The van der Waals surface area contributed by atoms with Gasteiger partial charge in [-0.1, -0.05) is 57.9 Å². The lowest BCUT2D eigenvalue weighted by molar-refractivity contribution is -0.118. The van der Waals surface area contributed by atoms with Gasteiger partial charge in [0.2, 0.25) is 0 Å². The molecule has 2 heteroatoms. The van der Waals surface area contributed by atoms with Crippen LogP contribution in [0, 0.1) is 6.92 Å². The van der Waals surface area contributed by atoms with Gasteiger partial charge in [-0.05, 0) is 36.6 Å². The van der Waals surface area contributed by atoms with Crippen LogP contribution in [-0.2, 0) is 17.6 Å². The van der Waals surface area contributed by atoms with E-state index >= 15 is 0 Å². The molecule has 98 valence electrons. The Labute approximate surface area is 122 Å². The van der Waals surface area contributed by atoms with Crippen molar-refractivity contribution < 1.29 is 4.79 Å². The maximum Gasteiger partial charge on any atom is 0.137 e. The van der Waals surface area contributed by atoms with E-state index in [1.165, 1.54) is 11.1 Å². The summed E-state index contributed by atoms with van der Waals surface area (Å²) in [6.45, 7) is 2.07. The van der Waals surface area contributed by atoms with Crippen LogP contribution in [-0.4, -0.2) is 5.78 Å². The molecule has 2 aromatic carbocycles. The van der Waals surface area contributed by atoms with E-state index < -0.39 is 0 Å². The maximum atomic E-state index is 11.9. The molecule has 0 aliphatic heterocycles. The van der Waals surface area contributed by atoms with Crippen molar-refractivity contribution in [3.05, 3.63) is 69.7 Å². The molecule has 0 aliphatic carbocycles. The van der Waals surface area contributed by atoms with Crippen molar-refractivity contribution in [1.82, 2.24) is 0 Å². The number of carbonyl (C=O) groups is 1. The van der Waals surface area contributed by atoms with Crippen molar-refractivity contribution >= 4 is 21.7 Å². The van der Waals surface area contributed by atoms with Crippen LogP contribution in [0.15, 0.2) is 53.0 Å². The Morgan fingerprint density at radius 2 is 1.79 bits per heavy atom. The summed E-state index contributed by atoms with van der Waals surface area (Å²) >= 11 is 3.42. The molecule has 0 heterocycles. The zero-order chi connectivity index (χ0) is 13.7. The summed E-state index contributed by atoms with van der Waals surface area (Å²) in [7, 11) is 0. The topological polar surface area (TPSA) is 17.1 Å². The number of aryl methyl sites for hydroxylation is 2. The largest absolute Gasteiger partial charge is 0.299 e. The zero-order valence-corrected chi connectivity index (χ0v) is 12.6. The average molecular weight is 317 g/mol. The first-order chi connectivity index (χ1) is 9.13. The summed E-state index contributed by atoms with van der Waals surface area (Å²) in [6, 6.07) is 16.3. The number of hydrogen-bond donors (Lipinski definition) is 0. The van der Waals surface area contributed by atoms with Crippen LogP contribution < -0.4 is 0 Å². The molecule has 0 bridgehead atoms. The second kappa shape index (κ2) is 6.67. The van der Waals surface area contributed by atoms with E-state index in [1.54, 1.807) is 0 Å². The molecule has 0 unspecified atom stereocenters. The molecule has 2 aromatic rings. The molecule has 0 saturated heterocycles. The first-order valence-corrected chi connectivity index (χ1v) is 7.24. The molecular weight excluding hydrogens is 300 g/mol. The fraction of sp³-hybridized carbons (Fsp3) is 0.235. The maximum absolute atomic E-state index is 11.9. The molecule has 2 rings (SSSR count). The number of hydrogen-bond acceptors (Lipinski definition) is 1. The Hall–Kier alpha value is -1.41. The van der Waals surface area contributed by atoms with Gasteiger partial charge in [0, 0.05) is 17.3 Å². The Kier molecular flexibility index (Phi) is 4.92. The highest BCUT2D eigenvalue weighted by Crippen LogP contribution is 2.13. The predicted molar refractivity (Wildman–Crippen MR) is 82.4 cm³/mol. The van der Waals surface area contributed by atoms with Crippen molar-refractivity contribution in [1.29, 1.82) is 0 Å². The highest BCUT2D eigenvalue weighted by molar-refractivity contribution is 9.10. The number of rotatable bonds is 5. The summed E-state index contributed by atoms with van der Waals surface area (Å²) in [5, 5.41) is 0. The lowest BCUT2D eigenvalue weighted by Crippen LogP contribution is -2.04. The summed E-state index contributed by atoms with van der Waals surface area (Å²) < 4.78 is 1.02. The van der Waals surface area contributed by atoms with Gasteiger partial charge in [-0.2, -0.15) is 0 Å². The van der Waals surface area contributed by atoms with E-state index in [2.05, 4.69) is 47.1 Å². The molecule has 0 amide bonds. The Bertz CT molecular complexity index is 558. The van der Waals surface area contributed by atoms with Crippen LogP contribution >= 0.6 is 15.9 Å². The molecule has 0 atom stereocenters. The molecule has 0 fully saturated rings. The molecule has 0 spiro atoms. The second-order valence-electron chi connectivity index (χ2n) is 4.83. The SMILES string of the molecule is Cc1ccc(CCC(=O)Cc2cccc(Br)c2)cc1. The quantitative estimate of drug-likeness (QED) is 0.793. The van der Waals surface area contributed by atoms with Crippen LogP contribution in [0.5, 0.6) is 0 Å². The fourth-order valence-electron chi connectivity index (χ4n) is 2.00. The van der Waals surface area contributed by atoms with Gasteiger partial charge in [-0.25, -0.2) is 0 Å². The molecule has 0 radical (unpaired) electrons. The van der Waals surface area contributed by atoms with Gasteiger partial charge in [0.05, 0.1) is 0 Å². The molecule has 0 saturated carbocycles. The highest BCUT2D eigenvalue weighted by Gasteiger charge is 2.05. The van der Waals surface area contributed by atoms with Gasteiger partial charge < -0.3 is 0 Å². The normalized spacial score (nSPS) is 10.4. The minimum atomic E-state index is 0.290. The number of carbonyl (C=O) groups excluding carboxylic acids is 1. The Morgan fingerprint density at radius 1 is 1.05 bits per heavy atom. The van der Waals surface area contributed by atoms with E-state index in [0.29, 0.717) is 18.6 Å². The van der Waals surface area contributed by atoms with Crippen LogP contribution in [0.25, 0.3) is 0 Å². The number of ketones is 1. The first kappa shape index (κ1) is 14.0. The lowest BCUT2D eigenvalue weighted by Gasteiger charge is -2.03. The third kappa shape index (κ3) is 4.64. The van der Waals surface area contributed by atoms with E-state index in [4.69, 9.17) is 0 Å². The van der Waals surface area contributed by atoms with Gasteiger partial charge in [0.15, 0.2) is 0 Å². The Morgan fingerprint density at radius 3 is 2.47 bits per heavy atom. The molecule has 0 aliphatic rings. The Balaban J connectivity index is 1.86. The monoisotopic (exact) mass is 316 g/mol. The van der Waals surface area contributed by atoms with Crippen molar-refractivity contribution in [2.45, 2.75) is 26.2 Å². The lowest BCUT2D eigenvalue weighted by atomic mass is 10.0. The average Bonchev–Trinajstić information content (AvgIpc) is 2.38. The number of benzene rings is 2. The molecule has 0 aromatic heterocycles. The molecule has 0 N–H and O–H groups in total. The summed E-state index contributed by atoms with van der Waals surface area (Å²) in [4.78, 5) is 11.9. The van der Waals surface area contributed by atoms with Crippen molar-refractivity contribution in [2.24, 2.45) is 0 Å². The zero-order valence-electron chi connectivity index (χ0n) is 11.0. The molecular formula is C17H17BrO. The minimum Gasteiger partial charge on any atom is -0.299 e.